The van der Waals surface area contributed by atoms with Gasteiger partial charge in [0, 0.05) is 11.1 Å². The van der Waals surface area contributed by atoms with E-state index in [1.54, 1.807) is 48.5 Å². The first-order chi connectivity index (χ1) is 14.2. The summed E-state index contributed by atoms with van der Waals surface area (Å²) < 4.78 is 11.8. The van der Waals surface area contributed by atoms with Crippen molar-refractivity contribution in [2.24, 2.45) is 0 Å². The lowest BCUT2D eigenvalue weighted by Gasteiger charge is -2.37. The second-order valence-electron chi connectivity index (χ2n) is 6.65. The lowest BCUT2D eigenvalue weighted by Crippen LogP contribution is -2.47. The highest BCUT2D eigenvalue weighted by Crippen LogP contribution is 2.30. The molecule has 3 aromatic carbocycles. The minimum Gasteiger partial charge on any atom is -0.508 e. The topological polar surface area (TPSA) is 68.2 Å². The molecule has 148 valence electrons. The fourth-order valence-electron chi connectivity index (χ4n) is 3.05. The summed E-state index contributed by atoms with van der Waals surface area (Å²) in [6.45, 7) is 0.469. The van der Waals surface area contributed by atoms with E-state index in [4.69, 9.17) is 14.3 Å². The first kappa shape index (κ1) is 19.0. The molecule has 1 fully saturated rings. The molecule has 4 rings (SSSR count). The Labute approximate surface area is 168 Å². The molecule has 1 saturated heterocycles. The van der Waals surface area contributed by atoms with Gasteiger partial charge >= 0.3 is 0 Å². The van der Waals surface area contributed by atoms with Crippen LogP contribution in [0.15, 0.2) is 84.9 Å². The smallest absolute Gasteiger partial charge is 0.277 e. The lowest BCUT2D eigenvalue weighted by molar-refractivity contribution is -0.325. The summed E-state index contributed by atoms with van der Waals surface area (Å²) in [5.74, 6) is 0.555. The van der Waals surface area contributed by atoms with Crippen molar-refractivity contribution in [1.82, 2.24) is 5.06 Å². The number of benzene rings is 3. The third kappa shape index (κ3) is 4.74. The summed E-state index contributed by atoms with van der Waals surface area (Å²) in [5.41, 5.74) is 1.13. The molecule has 1 aliphatic heterocycles. The zero-order valence-corrected chi connectivity index (χ0v) is 15.7. The van der Waals surface area contributed by atoms with Crippen molar-refractivity contribution < 1.29 is 24.2 Å². The number of carbonyl (C=O) groups excluding carboxylic acids is 1. The Morgan fingerprint density at radius 3 is 2.45 bits per heavy atom. The highest BCUT2D eigenvalue weighted by Gasteiger charge is 2.34. The van der Waals surface area contributed by atoms with Gasteiger partial charge in [0.15, 0.2) is 0 Å². The van der Waals surface area contributed by atoms with Crippen LogP contribution in [0.25, 0.3) is 0 Å². The van der Waals surface area contributed by atoms with Gasteiger partial charge in [-0.25, -0.2) is 9.90 Å². The fraction of sp³-hybridized carbons (Fsp3) is 0.174. The molecule has 3 aromatic rings. The van der Waals surface area contributed by atoms with Crippen LogP contribution in [0.4, 0.5) is 0 Å². The molecule has 2 atom stereocenters. The van der Waals surface area contributed by atoms with Crippen LogP contribution in [0.1, 0.15) is 22.2 Å². The van der Waals surface area contributed by atoms with Gasteiger partial charge in [-0.1, -0.05) is 48.5 Å². The molecule has 1 amide bonds. The van der Waals surface area contributed by atoms with Crippen LogP contribution in [-0.4, -0.2) is 35.3 Å². The molecule has 1 aliphatic rings. The highest BCUT2D eigenvalue weighted by atomic mass is 16.8. The zero-order chi connectivity index (χ0) is 20.1. The van der Waals surface area contributed by atoms with Crippen molar-refractivity contribution in [2.75, 3.05) is 13.2 Å². The molecule has 0 aliphatic carbocycles. The third-order valence-corrected chi connectivity index (χ3v) is 4.48. The van der Waals surface area contributed by atoms with Crippen LogP contribution in [-0.2, 0) is 9.57 Å². The van der Waals surface area contributed by atoms with Crippen LogP contribution >= 0.6 is 0 Å². The number of carbonyl (C=O) groups is 1. The van der Waals surface area contributed by atoms with E-state index < -0.39 is 12.4 Å². The van der Waals surface area contributed by atoms with Crippen molar-refractivity contribution >= 4 is 5.91 Å². The molecule has 29 heavy (non-hydrogen) atoms. The number of phenolic OH excluding ortho intramolecular Hbond substituents is 1. The van der Waals surface area contributed by atoms with Gasteiger partial charge in [0.2, 0.25) is 6.29 Å². The number of nitrogens with zero attached hydrogens (tertiary/aromatic N) is 1. The third-order valence-electron chi connectivity index (χ3n) is 4.48. The number of ether oxygens (including phenoxy) is 2. The van der Waals surface area contributed by atoms with E-state index in [0.29, 0.717) is 11.1 Å². The monoisotopic (exact) mass is 391 g/mol. The fourth-order valence-corrected chi connectivity index (χ4v) is 3.05. The van der Waals surface area contributed by atoms with Gasteiger partial charge in [0.05, 0.1) is 6.54 Å². The molecule has 0 radical (unpaired) electrons. The summed E-state index contributed by atoms with van der Waals surface area (Å²) >= 11 is 0. The molecular weight excluding hydrogens is 370 g/mol. The summed E-state index contributed by atoms with van der Waals surface area (Å²) in [6.07, 6.45) is -1.25. The Kier molecular flexibility index (Phi) is 5.74. The highest BCUT2D eigenvalue weighted by molar-refractivity contribution is 5.93. The van der Waals surface area contributed by atoms with Crippen molar-refractivity contribution in [2.45, 2.75) is 12.4 Å². The summed E-state index contributed by atoms with van der Waals surface area (Å²) in [7, 11) is 0. The van der Waals surface area contributed by atoms with Crippen LogP contribution in [0.3, 0.4) is 0 Å². The normalized spacial score (nSPS) is 19.0. The Morgan fingerprint density at radius 2 is 1.72 bits per heavy atom. The number of hydrogen-bond acceptors (Lipinski definition) is 5. The van der Waals surface area contributed by atoms with E-state index in [1.165, 1.54) is 5.06 Å². The summed E-state index contributed by atoms with van der Waals surface area (Å²) in [4.78, 5) is 18.7. The molecular formula is C23H21NO5. The molecule has 6 heteroatoms. The summed E-state index contributed by atoms with van der Waals surface area (Å²) in [5, 5.41) is 11.1. The summed E-state index contributed by atoms with van der Waals surface area (Å²) in [6, 6.07) is 24.9. The predicted molar refractivity (Wildman–Crippen MR) is 106 cm³/mol. The SMILES string of the molecule is O=C(c1ccccc1)N1C[C@H](COc2ccccc2)O[C@@H](c2cccc(O)c2)O1. The van der Waals surface area contributed by atoms with Gasteiger partial charge in [-0.15, -0.1) is 0 Å². The molecule has 0 unspecified atom stereocenters. The van der Waals surface area contributed by atoms with Gasteiger partial charge in [0.25, 0.3) is 5.91 Å². The maximum Gasteiger partial charge on any atom is 0.277 e. The second-order valence-corrected chi connectivity index (χ2v) is 6.65. The Morgan fingerprint density at radius 1 is 1.00 bits per heavy atom. The van der Waals surface area contributed by atoms with Gasteiger partial charge in [-0.2, -0.15) is 0 Å². The van der Waals surface area contributed by atoms with Crippen LogP contribution in [0.5, 0.6) is 11.5 Å². The van der Waals surface area contributed by atoms with Gasteiger partial charge in [-0.05, 0) is 36.4 Å². The quantitative estimate of drug-likeness (QED) is 0.713. The Hall–Kier alpha value is -3.35. The molecule has 0 aromatic heterocycles. The molecule has 1 heterocycles. The minimum absolute atomic E-state index is 0.0956. The lowest BCUT2D eigenvalue weighted by atomic mass is 10.2. The molecule has 0 saturated carbocycles. The second kappa shape index (κ2) is 8.77. The van der Waals surface area contributed by atoms with Gasteiger partial charge < -0.3 is 14.6 Å². The number of hydrogen-bond donors (Lipinski definition) is 1. The number of para-hydroxylation sites is 1. The average molecular weight is 391 g/mol. The minimum atomic E-state index is -0.840. The first-order valence-electron chi connectivity index (χ1n) is 9.35. The number of amides is 1. The average Bonchev–Trinajstić information content (AvgIpc) is 2.78. The number of phenols is 1. The Bertz CT molecular complexity index is 948. The van der Waals surface area contributed by atoms with Gasteiger partial charge in [-0.3, -0.25) is 4.79 Å². The molecule has 0 bridgehead atoms. The van der Waals surface area contributed by atoms with Gasteiger partial charge in [0.1, 0.15) is 24.2 Å². The predicted octanol–water partition coefficient (Wildman–Crippen LogP) is 3.94. The van der Waals surface area contributed by atoms with Crippen molar-refractivity contribution in [1.29, 1.82) is 0 Å². The number of aromatic hydroxyl groups is 1. The van der Waals surface area contributed by atoms with Crippen LogP contribution in [0.2, 0.25) is 0 Å². The van der Waals surface area contributed by atoms with E-state index in [0.717, 1.165) is 5.75 Å². The number of rotatable bonds is 5. The van der Waals surface area contributed by atoms with Crippen molar-refractivity contribution in [3.8, 4) is 11.5 Å². The largest absolute Gasteiger partial charge is 0.508 e. The van der Waals surface area contributed by atoms with E-state index in [2.05, 4.69) is 0 Å². The maximum atomic E-state index is 12.9. The molecule has 0 spiro atoms. The molecule has 1 N–H and O–H groups in total. The van der Waals surface area contributed by atoms with E-state index in [1.807, 2.05) is 36.4 Å². The number of hydroxylamine groups is 2. The van der Waals surface area contributed by atoms with E-state index >= 15 is 0 Å². The Balaban J connectivity index is 1.53. The van der Waals surface area contributed by atoms with Crippen LogP contribution < -0.4 is 4.74 Å². The van der Waals surface area contributed by atoms with Crippen LogP contribution in [0, 0.1) is 0 Å². The van der Waals surface area contributed by atoms with E-state index in [-0.39, 0.29) is 24.8 Å². The standard InChI is InChI=1S/C23H21NO5/c25-19-11-7-10-18(14-19)23-28-21(16-27-20-12-5-2-6-13-20)15-24(29-23)22(26)17-8-3-1-4-9-17/h1-14,21,23,25H,15-16H2/t21-,23-/m1/s1. The molecule has 6 nitrogen and oxygen atoms in total. The zero-order valence-electron chi connectivity index (χ0n) is 15.7. The first-order valence-corrected chi connectivity index (χ1v) is 9.35. The van der Waals surface area contributed by atoms with Crippen molar-refractivity contribution in [3.05, 3.63) is 96.1 Å². The maximum absolute atomic E-state index is 12.9. The van der Waals surface area contributed by atoms with E-state index in [9.17, 15) is 9.90 Å². The van der Waals surface area contributed by atoms with Crippen molar-refractivity contribution in [3.63, 3.8) is 0 Å².